The lowest BCUT2D eigenvalue weighted by Gasteiger charge is -2.32. The van der Waals surface area contributed by atoms with Gasteiger partial charge in [0.05, 0.1) is 12.0 Å². The molecular weight excluding hydrogens is 262 g/mol. The molecule has 0 aliphatic carbocycles. The van der Waals surface area contributed by atoms with E-state index in [1.165, 1.54) is 6.92 Å². The van der Waals surface area contributed by atoms with E-state index in [1.54, 1.807) is 19.1 Å². The van der Waals surface area contributed by atoms with Crippen molar-refractivity contribution in [3.05, 3.63) is 34.9 Å². The summed E-state index contributed by atoms with van der Waals surface area (Å²) >= 11 is 5.79. The van der Waals surface area contributed by atoms with E-state index in [9.17, 15) is 9.59 Å². The number of Topliss-reactive ketones (excluding diaryl/α,β-unsaturated/α-hetero) is 1. The first-order chi connectivity index (χ1) is 8.75. The number of amides is 1. The highest BCUT2D eigenvalue weighted by atomic mass is 35.5. The molecule has 0 spiro atoms. The molecule has 0 bridgehead atoms. The van der Waals surface area contributed by atoms with Crippen LogP contribution in [0.25, 0.3) is 0 Å². The number of rotatable bonds is 5. The Kier molecular flexibility index (Phi) is 5.12. The van der Waals surface area contributed by atoms with Gasteiger partial charge in [-0.15, -0.1) is 0 Å². The zero-order valence-electron chi connectivity index (χ0n) is 11.8. The first-order valence-electron chi connectivity index (χ1n) is 6.32. The highest BCUT2D eigenvalue weighted by molar-refractivity contribution is 6.30. The SMILES string of the molecule is CC(=O)C(C)(NC(=O)Cc1ccc(Cl)cc1)C(C)C. The molecule has 19 heavy (non-hydrogen) atoms. The van der Waals surface area contributed by atoms with E-state index in [4.69, 9.17) is 11.6 Å². The molecule has 0 radical (unpaired) electrons. The summed E-state index contributed by atoms with van der Waals surface area (Å²) in [5.41, 5.74) is 0.0558. The van der Waals surface area contributed by atoms with Gasteiger partial charge in [-0.3, -0.25) is 9.59 Å². The summed E-state index contributed by atoms with van der Waals surface area (Å²) in [6.07, 6.45) is 0.243. The van der Waals surface area contributed by atoms with E-state index in [2.05, 4.69) is 5.32 Å². The van der Waals surface area contributed by atoms with Gasteiger partial charge < -0.3 is 5.32 Å². The molecule has 1 N–H and O–H groups in total. The first-order valence-corrected chi connectivity index (χ1v) is 6.70. The summed E-state index contributed by atoms with van der Waals surface area (Å²) in [6.45, 7) is 7.11. The van der Waals surface area contributed by atoms with Gasteiger partial charge in [0.1, 0.15) is 0 Å². The second-order valence-electron chi connectivity index (χ2n) is 5.26. The quantitative estimate of drug-likeness (QED) is 0.902. The number of benzene rings is 1. The van der Waals surface area contributed by atoms with E-state index in [0.29, 0.717) is 5.02 Å². The second-order valence-corrected chi connectivity index (χ2v) is 5.70. The maximum Gasteiger partial charge on any atom is 0.225 e. The van der Waals surface area contributed by atoms with Crippen LogP contribution in [-0.4, -0.2) is 17.2 Å². The molecule has 1 aromatic carbocycles. The normalized spacial score (nSPS) is 14.0. The fourth-order valence-electron chi connectivity index (χ4n) is 1.76. The topological polar surface area (TPSA) is 46.2 Å². The highest BCUT2D eigenvalue weighted by Crippen LogP contribution is 2.18. The van der Waals surface area contributed by atoms with Crippen LogP contribution in [0.4, 0.5) is 0 Å². The van der Waals surface area contributed by atoms with E-state index < -0.39 is 5.54 Å². The van der Waals surface area contributed by atoms with E-state index in [1.807, 2.05) is 26.0 Å². The molecule has 0 aromatic heterocycles. The van der Waals surface area contributed by atoms with Crippen molar-refractivity contribution in [1.82, 2.24) is 5.32 Å². The average molecular weight is 282 g/mol. The molecule has 4 heteroatoms. The third kappa shape index (κ3) is 4.06. The Labute approximate surface area is 119 Å². The number of halogens is 1. The van der Waals surface area contributed by atoms with Gasteiger partial charge in [-0.2, -0.15) is 0 Å². The molecule has 0 saturated heterocycles. The van der Waals surface area contributed by atoms with Gasteiger partial charge in [0.15, 0.2) is 5.78 Å². The minimum atomic E-state index is -0.816. The van der Waals surface area contributed by atoms with E-state index >= 15 is 0 Å². The molecule has 1 amide bonds. The third-order valence-corrected chi connectivity index (χ3v) is 3.82. The number of hydrogen-bond acceptors (Lipinski definition) is 2. The fourth-order valence-corrected chi connectivity index (χ4v) is 1.89. The Bertz CT molecular complexity index is 468. The monoisotopic (exact) mass is 281 g/mol. The maximum atomic E-state index is 12.0. The van der Waals surface area contributed by atoms with Gasteiger partial charge >= 0.3 is 0 Å². The Morgan fingerprint density at radius 2 is 1.79 bits per heavy atom. The Hall–Kier alpha value is -1.35. The van der Waals surface area contributed by atoms with Gasteiger partial charge in [0.25, 0.3) is 0 Å². The molecule has 1 rings (SSSR count). The average Bonchev–Trinajstić information content (AvgIpc) is 2.31. The summed E-state index contributed by atoms with van der Waals surface area (Å²) in [4.78, 5) is 23.7. The van der Waals surface area contributed by atoms with E-state index in [-0.39, 0.29) is 24.0 Å². The van der Waals surface area contributed by atoms with Gasteiger partial charge in [-0.25, -0.2) is 0 Å². The predicted octanol–water partition coefficient (Wildman–Crippen LogP) is 3.00. The Morgan fingerprint density at radius 1 is 1.26 bits per heavy atom. The van der Waals surface area contributed by atoms with Crippen LogP contribution in [0.15, 0.2) is 24.3 Å². The molecule has 1 unspecified atom stereocenters. The van der Waals surface area contributed by atoms with Crippen LogP contribution >= 0.6 is 11.6 Å². The Morgan fingerprint density at radius 3 is 2.21 bits per heavy atom. The minimum Gasteiger partial charge on any atom is -0.343 e. The second kappa shape index (κ2) is 6.20. The van der Waals surface area contributed by atoms with Crippen molar-refractivity contribution >= 4 is 23.3 Å². The largest absolute Gasteiger partial charge is 0.343 e. The van der Waals surface area contributed by atoms with Gasteiger partial charge in [-0.1, -0.05) is 37.6 Å². The molecule has 104 valence electrons. The standard InChI is InChI=1S/C15H20ClNO2/c1-10(2)15(4,11(3)18)17-14(19)9-12-5-7-13(16)8-6-12/h5-8,10H,9H2,1-4H3,(H,17,19). The molecule has 3 nitrogen and oxygen atoms in total. The van der Waals surface area contributed by atoms with Crippen LogP contribution in [-0.2, 0) is 16.0 Å². The number of ketones is 1. The van der Waals surface area contributed by atoms with Crippen molar-refractivity contribution in [3.8, 4) is 0 Å². The smallest absolute Gasteiger partial charge is 0.225 e. The van der Waals surface area contributed by atoms with Crippen molar-refractivity contribution in [2.24, 2.45) is 5.92 Å². The molecule has 0 saturated carbocycles. The van der Waals surface area contributed by atoms with Crippen LogP contribution in [0.3, 0.4) is 0 Å². The van der Waals surface area contributed by atoms with Crippen molar-refractivity contribution in [2.75, 3.05) is 0 Å². The summed E-state index contributed by atoms with van der Waals surface area (Å²) in [6, 6.07) is 7.11. The maximum absolute atomic E-state index is 12.0. The zero-order chi connectivity index (χ0) is 14.6. The highest BCUT2D eigenvalue weighted by Gasteiger charge is 2.34. The summed E-state index contributed by atoms with van der Waals surface area (Å²) in [5, 5.41) is 3.47. The van der Waals surface area contributed by atoms with Crippen LogP contribution in [0.5, 0.6) is 0 Å². The predicted molar refractivity (Wildman–Crippen MR) is 77.2 cm³/mol. The van der Waals surface area contributed by atoms with Gasteiger partial charge in [0, 0.05) is 5.02 Å². The molecule has 0 aliphatic rings. The van der Waals surface area contributed by atoms with Crippen molar-refractivity contribution < 1.29 is 9.59 Å². The zero-order valence-corrected chi connectivity index (χ0v) is 12.5. The number of nitrogens with one attached hydrogen (secondary N) is 1. The lowest BCUT2D eigenvalue weighted by Crippen LogP contribution is -2.55. The van der Waals surface area contributed by atoms with Crippen molar-refractivity contribution in [1.29, 1.82) is 0 Å². The summed E-state index contributed by atoms with van der Waals surface area (Å²) in [7, 11) is 0. The van der Waals surface area contributed by atoms with Gasteiger partial charge in [0.2, 0.25) is 5.91 Å². The van der Waals surface area contributed by atoms with Crippen molar-refractivity contribution in [3.63, 3.8) is 0 Å². The lowest BCUT2D eigenvalue weighted by molar-refractivity contribution is -0.131. The van der Waals surface area contributed by atoms with Gasteiger partial charge in [-0.05, 0) is 37.5 Å². The fraction of sp³-hybridized carbons (Fsp3) is 0.467. The molecule has 0 heterocycles. The summed E-state index contributed by atoms with van der Waals surface area (Å²) < 4.78 is 0. The molecule has 1 atom stereocenters. The van der Waals surface area contributed by atoms with Crippen LogP contribution in [0, 0.1) is 5.92 Å². The molecule has 1 aromatic rings. The lowest BCUT2D eigenvalue weighted by atomic mass is 9.84. The number of hydrogen-bond donors (Lipinski definition) is 1. The Balaban J connectivity index is 2.74. The van der Waals surface area contributed by atoms with Crippen LogP contribution in [0.2, 0.25) is 5.02 Å². The molecule has 0 fully saturated rings. The van der Waals surface area contributed by atoms with Crippen LogP contribution in [0.1, 0.15) is 33.3 Å². The summed E-state index contributed by atoms with van der Waals surface area (Å²) in [5.74, 6) is -0.153. The first kappa shape index (κ1) is 15.7. The molecule has 0 aliphatic heterocycles. The van der Waals surface area contributed by atoms with Crippen molar-refractivity contribution in [2.45, 2.75) is 39.7 Å². The van der Waals surface area contributed by atoms with Crippen LogP contribution < -0.4 is 5.32 Å². The third-order valence-electron chi connectivity index (χ3n) is 3.56. The molecular formula is C15H20ClNO2. The number of carbonyl (C=O) groups excluding carboxylic acids is 2. The van der Waals surface area contributed by atoms with E-state index in [0.717, 1.165) is 5.56 Å². The minimum absolute atomic E-state index is 0.0352. The number of carbonyl (C=O) groups is 2.